The van der Waals surface area contributed by atoms with Gasteiger partial charge in [-0.05, 0) is 30.7 Å². The number of anilines is 1. The number of nitriles is 1. The SMILES string of the molecule is CCCC(=O)Nc1ccc(-c2csc(/C(C#N)=C/c3ccco3)n2)cc1. The average Bonchev–Trinajstić information content (AvgIpc) is 3.32. The van der Waals surface area contributed by atoms with Gasteiger partial charge in [0.1, 0.15) is 16.8 Å². The summed E-state index contributed by atoms with van der Waals surface area (Å²) in [4.78, 5) is 16.2. The molecule has 5 nitrogen and oxygen atoms in total. The van der Waals surface area contributed by atoms with E-state index in [1.807, 2.05) is 36.6 Å². The van der Waals surface area contributed by atoms with E-state index >= 15 is 0 Å². The maximum atomic E-state index is 11.6. The molecule has 0 aliphatic heterocycles. The van der Waals surface area contributed by atoms with Crippen molar-refractivity contribution in [2.45, 2.75) is 19.8 Å². The summed E-state index contributed by atoms with van der Waals surface area (Å²) in [6.45, 7) is 1.97. The van der Waals surface area contributed by atoms with E-state index < -0.39 is 0 Å². The largest absolute Gasteiger partial charge is 0.465 e. The third kappa shape index (κ3) is 4.26. The first kappa shape index (κ1) is 17.6. The Morgan fingerprint density at radius 2 is 2.15 bits per heavy atom. The zero-order chi connectivity index (χ0) is 18.4. The van der Waals surface area contributed by atoms with Crippen molar-refractivity contribution in [1.29, 1.82) is 5.26 Å². The monoisotopic (exact) mass is 363 g/mol. The van der Waals surface area contributed by atoms with Crippen molar-refractivity contribution in [3.63, 3.8) is 0 Å². The van der Waals surface area contributed by atoms with E-state index in [1.54, 1.807) is 24.5 Å². The molecule has 0 saturated carbocycles. The van der Waals surface area contributed by atoms with Gasteiger partial charge in [-0.15, -0.1) is 11.3 Å². The molecule has 1 aromatic carbocycles. The minimum absolute atomic E-state index is 0.0120. The lowest BCUT2D eigenvalue weighted by Crippen LogP contribution is -2.10. The number of hydrogen-bond donors (Lipinski definition) is 1. The number of aromatic nitrogens is 1. The Morgan fingerprint density at radius 1 is 1.35 bits per heavy atom. The highest BCUT2D eigenvalue weighted by Gasteiger charge is 2.10. The molecule has 0 aliphatic carbocycles. The van der Waals surface area contributed by atoms with Crippen LogP contribution in [0.1, 0.15) is 30.5 Å². The second-order valence-corrected chi connectivity index (χ2v) is 6.46. The predicted octanol–water partition coefficient (Wildman–Crippen LogP) is 5.21. The van der Waals surface area contributed by atoms with Crippen molar-refractivity contribution in [2.24, 2.45) is 0 Å². The Balaban J connectivity index is 1.77. The second kappa shape index (κ2) is 8.28. The highest BCUT2D eigenvalue weighted by molar-refractivity contribution is 7.11. The number of rotatable bonds is 6. The van der Waals surface area contributed by atoms with Crippen LogP contribution < -0.4 is 5.32 Å². The summed E-state index contributed by atoms with van der Waals surface area (Å²) in [5.74, 6) is 0.628. The maximum absolute atomic E-state index is 11.6. The highest BCUT2D eigenvalue weighted by atomic mass is 32.1. The van der Waals surface area contributed by atoms with Crippen LogP contribution >= 0.6 is 11.3 Å². The van der Waals surface area contributed by atoms with Crippen molar-refractivity contribution >= 4 is 34.6 Å². The van der Waals surface area contributed by atoms with Crippen LogP contribution in [-0.4, -0.2) is 10.9 Å². The number of carbonyl (C=O) groups is 1. The molecule has 0 fully saturated rings. The first-order valence-corrected chi connectivity index (χ1v) is 9.09. The molecule has 1 amide bonds. The minimum Gasteiger partial charge on any atom is -0.465 e. The number of nitrogens with zero attached hydrogens (tertiary/aromatic N) is 2. The van der Waals surface area contributed by atoms with Crippen molar-refractivity contribution < 1.29 is 9.21 Å². The van der Waals surface area contributed by atoms with Gasteiger partial charge in [-0.2, -0.15) is 5.26 Å². The third-order valence-corrected chi connectivity index (χ3v) is 4.50. The normalized spacial score (nSPS) is 11.2. The third-order valence-electron chi connectivity index (χ3n) is 3.63. The Bertz CT molecular complexity index is 948. The van der Waals surface area contributed by atoms with Crippen LogP contribution in [0.4, 0.5) is 5.69 Å². The van der Waals surface area contributed by atoms with Gasteiger partial charge in [0.15, 0.2) is 0 Å². The van der Waals surface area contributed by atoms with E-state index in [9.17, 15) is 10.1 Å². The Labute approximate surface area is 155 Å². The van der Waals surface area contributed by atoms with E-state index in [-0.39, 0.29) is 5.91 Å². The molecular weight excluding hydrogens is 346 g/mol. The summed E-state index contributed by atoms with van der Waals surface area (Å²) in [5, 5.41) is 14.8. The van der Waals surface area contributed by atoms with Gasteiger partial charge >= 0.3 is 0 Å². The molecule has 0 aliphatic rings. The van der Waals surface area contributed by atoms with E-state index in [0.29, 0.717) is 22.8 Å². The van der Waals surface area contributed by atoms with Crippen LogP contribution in [0, 0.1) is 11.3 Å². The highest BCUT2D eigenvalue weighted by Crippen LogP contribution is 2.28. The minimum atomic E-state index is 0.0120. The molecule has 130 valence electrons. The fourth-order valence-electron chi connectivity index (χ4n) is 2.36. The zero-order valence-electron chi connectivity index (χ0n) is 14.2. The predicted molar refractivity (Wildman–Crippen MR) is 103 cm³/mol. The van der Waals surface area contributed by atoms with E-state index in [4.69, 9.17) is 4.42 Å². The number of carbonyl (C=O) groups excluding carboxylic acids is 1. The lowest BCUT2D eigenvalue weighted by molar-refractivity contribution is -0.116. The molecule has 0 spiro atoms. The number of thiazole rings is 1. The van der Waals surface area contributed by atoms with Crippen molar-refractivity contribution in [1.82, 2.24) is 4.98 Å². The lowest BCUT2D eigenvalue weighted by atomic mass is 10.1. The van der Waals surface area contributed by atoms with Crippen LogP contribution in [0.3, 0.4) is 0 Å². The zero-order valence-corrected chi connectivity index (χ0v) is 15.0. The van der Waals surface area contributed by atoms with Gasteiger partial charge in [-0.25, -0.2) is 4.98 Å². The van der Waals surface area contributed by atoms with E-state index in [2.05, 4.69) is 16.4 Å². The molecule has 2 aromatic heterocycles. The standard InChI is InChI=1S/C20H17N3O2S/c1-2-4-19(24)22-16-8-6-14(7-9-16)18-13-26-20(23-18)15(12-21)11-17-5-3-10-25-17/h3,5-11,13H,2,4H2,1H3,(H,22,24)/b15-11+. The van der Waals surface area contributed by atoms with E-state index in [0.717, 1.165) is 23.4 Å². The number of hydrogen-bond acceptors (Lipinski definition) is 5. The molecule has 6 heteroatoms. The van der Waals surface area contributed by atoms with Crippen molar-refractivity contribution in [3.05, 3.63) is 58.8 Å². The Kier molecular flexibility index (Phi) is 5.62. The summed E-state index contributed by atoms with van der Waals surface area (Å²) >= 11 is 1.41. The van der Waals surface area contributed by atoms with Crippen molar-refractivity contribution in [3.8, 4) is 17.3 Å². The van der Waals surface area contributed by atoms with Gasteiger partial charge in [-0.3, -0.25) is 4.79 Å². The lowest BCUT2D eigenvalue weighted by Gasteiger charge is -2.04. The summed E-state index contributed by atoms with van der Waals surface area (Å²) in [7, 11) is 0. The van der Waals surface area contributed by atoms with E-state index in [1.165, 1.54) is 11.3 Å². The molecule has 26 heavy (non-hydrogen) atoms. The van der Waals surface area contributed by atoms with Crippen LogP contribution in [0.15, 0.2) is 52.5 Å². The van der Waals surface area contributed by atoms with Gasteiger partial charge in [0.25, 0.3) is 0 Å². The number of furan rings is 1. The summed E-state index contributed by atoms with van der Waals surface area (Å²) in [5.41, 5.74) is 2.94. The average molecular weight is 363 g/mol. The smallest absolute Gasteiger partial charge is 0.224 e. The second-order valence-electron chi connectivity index (χ2n) is 5.60. The fraction of sp³-hybridized carbons (Fsp3) is 0.150. The first-order valence-electron chi connectivity index (χ1n) is 8.21. The summed E-state index contributed by atoms with van der Waals surface area (Å²) in [6, 6.07) is 13.2. The van der Waals surface area contributed by atoms with Crippen LogP contribution in [0.2, 0.25) is 0 Å². The summed E-state index contributed by atoms with van der Waals surface area (Å²) < 4.78 is 5.26. The van der Waals surface area contributed by atoms with Gasteiger partial charge in [0.05, 0.1) is 17.5 Å². The Morgan fingerprint density at radius 3 is 2.81 bits per heavy atom. The van der Waals surface area contributed by atoms with Gasteiger partial charge in [-0.1, -0.05) is 19.1 Å². The van der Waals surface area contributed by atoms with Gasteiger partial charge < -0.3 is 9.73 Å². The summed E-state index contributed by atoms with van der Waals surface area (Å²) in [6.07, 6.45) is 4.57. The quantitative estimate of drug-likeness (QED) is 0.610. The Hall–Kier alpha value is -3.17. The number of amides is 1. The molecular formula is C20H17N3O2S. The van der Waals surface area contributed by atoms with Crippen molar-refractivity contribution in [2.75, 3.05) is 5.32 Å². The van der Waals surface area contributed by atoms with Crippen LogP contribution in [0.5, 0.6) is 0 Å². The molecule has 3 rings (SSSR count). The molecule has 0 saturated heterocycles. The van der Waals surface area contributed by atoms with Gasteiger partial charge in [0.2, 0.25) is 5.91 Å². The molecule has 0 unspecified atom stereocenters. The molecule has 3 aromatic rings. The molecule has 0 atom stereocenters. The topological polar surface area (TPSA) is 78.9 Å². The van der Waals surface area contributed by atoms with Gasteiger partial charge in [0, 0.05) is 29.1 Å². The van der Waals surface area contributed by atoms with Crippen LogP contribution in [0.25, 0.3) is 22.9 Å². The van der Waals surface area contributed by atoms with Crippen LogP contribution in [-0.2, 0) is 4.79 Å². The fourth-order valence-corrected chi connectivity index (χ4v) is 3.16. The number of nitrogens with one attached hydrogen (secondary N) is 1. The number of benzene rings is 1. The number of allylic oxidation sites excluding steroid dienone is 1. The molecule has 0 bridgehead atoms. The maximum Gasteiger partial charge on any atom is 0.224 e. The molecule has 1 N–H and O–H groups in total. The first-order chi connectivity index (χ1) is 12.7. The molecule has 2 heterocycles. The molecule has 0 radical (unpaired) electrons.